The minimum absolute atomic E-state index is 0.0666. The molecule has 2 N–H and O–H groups in total. The molecule has 0 bridgehead atoms. The molecule has 0 unspecified atom stereocenters. The van der Waals surface area contributed by atoms with Gasteiger partial charge in [0.2, 0.25) is 10.0 Å². The number of carboxylic acids is 1. The van der Waals surface area contributed by atoms with Crippen molar-refractivity contribution >= 4 is 59.2 Å². The van der Waals surface area contributed by atoms with Gasteiger partial charge in [0, 0.05) is 0 Å². The molecule has 0 spiro atoms. The van der Waals surface area contributed by atoms with E-state index < -0.39 is 21.5 Å². The number of thiophene rings is 1. The third-order valence-electron chi connectivity index (χ3n) is 3.11. The number of aliphatic carboxylic acids is 1. The number of hydrogen-bond acceptors (Lipinski definition) is 4. The Hall–Kier alpha value is 0.0400. The Morgan fingerprint density at radius 3 is 2.37 bits per heavy atom. The van der Waals surface area contributed by atoms with Crippen LogP contribution in [0.5, 0.6) is 0 Å². The summed E-state index contributed by atoms with van der Waals surface area (Å²) in [4.78, 5) is 11.4. The number of nitrogens with one attached hydrogen (secondary N) is 1. The molecule has 1 aliphatic carbocycles. The van der Waals surface area contributed by atoms with Crippen molar-refractivity contribution in [2.24, 2.45) is 0 Å². The third kappa shape index (κ3) is 3.05. The summed E-state index contributed by atoms with van der Waals surface area (Å²) in [5.41, 5.74) is -1.37. The number of hydrogen-bond donors (Lipinski definition) is 2. The van der Waals surface area contributed by atoms with Gasteiger partial charge in [-0.25, -0.2) is 8.42 Å². The maximum Gasteiger partial charge on any atom is 0.324 e. The predicted molar refractivity (Wildman–Crippen MR) is 78.9 cm³/mol. The summed E-state index contributed by atoms with van der Waals surface area (Å²) in [6.45, 7) is 0. The Morgan fingerprint density at radius 1 is 1.37 bits per heavy atom. The van der Waals surface area contributed by atoms with Crippen LogP contribution in [0.1, 0.15) is 25.7 Å². The van der Waals surface area contributed by atoms with E-state index in [2.05, 4.69) is 36.6 Å². The zero-order valence-electron chi connectivity index (χ0n) is 9.65. The molecule has 1 aromatic rings. The maximum atomic E-state index is 12.3. The van der Waals surface area contributed by atoms with Gasteiger partial charge in [-0.3, -0.25) is 4.79 Å². The van der Waals surface area contributed by atoms with Crippen LogP contribution in [-0.4, -0.2) is 25.0 Å². The zero-order chi connectivity index (χ0) is 14.3. The molecule has 5 nitrogen and oxygen atoms in total. The molecule has 1 saturated carbocycles. The number of sulfonamides is 1. The van der Waals surface area contributed by atoms with Gasteiger partial charge in [-0.05, 0) is 50.8 Å². The average Bonchev–Trinajstić information content (AvgIpc) is 2.86. The molecule has 0 atom stereocenters. The molecule has 9 heteroatoms. The van der Waals surface area contributed by atoms with Crippen LogP contribution < -0.4 is 4.72 Å². The summed E-state index contributed by atoms with van der Waals surface area (Å²) in [6.07, 6.45) is 2.07. The largest absolute Gasteiger partial charge is 0.480 e. The highest BCUT2D eigenvalue weighted by Crippen LogP contribution is 2.37. The Balaban J connectivity index is 2.36. The third-order valence-corrected chi connectivity index (χ3v) is 7.40. The Kier molecular flexibility index (Phi) is 4.41. The van der Waals surface area contributed by atoms with Crippen LogP contribution in [0.25, 0.3) is 0 Å². The Morgan fingerprint density at radius 2 is 1.95 bits per heavy atom. The van der Waals surface area contributed by atoms with E-state index in [4.69, 9.17) is 0 Å². The number of halogens is 2. The summed E-state index contributed by atoms with van der Waals surface area (Å²) in [5.74, 6) is -1.11. The minimum Gasteiger partial charge on any atom is -0.480 e. The van der Waals surface area contributed by atoms with Gasteiger partial charge >= 0.3 is 5.97 Å². The summed E-state index contributed by atoms with van der Waals surface area (Å²) in [5, 5.41) is 9.30. The van der Waals surface area contributed by atoms with E-state index in [1.54, 1.807) is 0 Å². The fraction of sp³-hybridized carbons (Fsp3) is 0.500. The lowest BCUT2D eigenvalue weighted by Crippen LogP contribution is -2.52. The number of carboxylic acid groups (broad SMARTS) is 1. The number of carbonyl (C=O) groups is 1. The first-order chi connectivity index (χ1) is 8.77. The maximum absolute atomic E-state index is 12.3. The first kappa shape index (κ1) is 15.4. The SMILES string of the molecule is O=C(O)C1(NS(=O)(=O)c2cc(Br)sc2Br)CCCC1. The number of rotatable bonds is 4. The topological polar surface area (TPSA) is 83.5 Å². The molecule has 106 valence electrons. The van der Waals surface area contributed by atoms with Crippen LogP contribution in [0.3, 0.4) is 0 Å². The molecular weight excluding hydrogens is 422 g/mol. The van der Waals surface area contributed by atoms with Crippen molar-refractivity contribution in [3.05, 3.63) is 13.6 Å². The van der Waals surface area contributed by atoms with Gasteiger partial charge in [0.15, 0.2) is 0 Å². The molecule has 0 saturated heterocycles. The smallest absolute Gasteiger partial charge is 0.324 e. The summed E-state index contributed by atoms with van der Waals surface area (Å²) >= 11 is 7.62. The van der Waals surface area contributed by atoms with E-state index in [-0.39, 0.29) is 4.90 Å². The molecule has 1 heterocycles. The highest BCUT2D eigenvalue weighted by molar-refractivity contribution is 9.12. The van der Waals surface area contributed by atoms with Crippen molar-refractivity contribution in [2.45, 2.75) is 36.1 Å². The molecule has 0 aromatic carbocycles. The van der Waals surface area contributed by atoms with Crippen LogP contribution in [0.4, 0.5) is 0 Å². The first-order valence-electron chi connectivity index (χ1n) is 5.49. The highest BCUT2D eigenvalue weighted by atomic mass is 79.9. The van der Waals surface area contributed by atoms with E-state index in [0.717, 1.165) is 0 Å². The molecular formula is C10H11Br2NO4S2. The van der Waals surface area contributed by atoms with Crippen LogP contribution >= 0.6 is 43.2 Å². The summed E-state index contributed by atoms with van der Waals surface area (Å²) in [6, 6.07) is 1.46. The fourth-order valence-electron chi connectivity index (χ4n) is 2.16. The van der Waals surface area contributed by atoms with Gasteiger partial charge < -0.3 is 5.11 Å². The first-order valence-corrected chi connectivity index (χ1v) is 9.38. The van der Waals surface area contributed by atoms with Crippen LogP contribution in [0.2, 0.25) is 0 Å². The van der Waals surface area contributed by atoms with E-state index in [1.165, 1.54) is 17.4 Å². The standard InChI is InChI=1S/C10H11Br2NO4S2/c11-7-5-6(8(12)18-7)19(16,17)13-10(9(14)15)3-1-2-4-10/h5,13H,1-4H2,(H,14,15). The summed E-state index contributed by atoms with van der Waals surface area (Å²) < 4.78 is 28.1. The van der Waals surface area contributed by atoms with Gasteiger partial charge in [0.25, 0.3) is 0 Å². The second-order valence-electron chi connectivity index (χ2n) is 4.39. The van der Waals surface area contributed by atoms with Gasteiger partial charge in [-0.2, -0.15) is 4.72 Å². The monoisotopic (exact) mass is 431 g/mol. The fourth-order valence-corrected chi connectivity index (χ4v) is 7.39. The van der Waals surface area contributed by atoms with Gasteiger partial charge in [0.05, 0.1) is 7.57 Å². The molecule has 0 radical (unpaired) electrons. The molecule has 0 amide bonds. The minimum atomic E-state index is -3.85. The van der Waals surface area contributed by atoms with E-state index >= 15 is 0 Å². The van der Waals surface area contributed by atoms with Crippen molar-refractivity contribution < 1.29 is 18.3 Å². The quantitative estimate of drug-likeness (QED) is 0.765. The molecule has 1 aromatic heterocycles. The lowest BCUT2D eigenvalue weighted by atomic mass is 10.0. The Bertz CT molecular complexity index is 605. The molecule has 0 aliphatic heterocycles. The van der Waals surface area contributed by atoms with E-state index in [1.807, 2.05) is 0 Å². The molecule has 1 aliphatic rings. The second-order valence-corrected chi connectivity index (χ2v) is 9.79. The second kappa shape index (κ2) is 5.44. The molecule has 2 rings (SSSR count). The van der Waals surface area contributed by atoms with E-state index in [9.17, 15) is 18.3 Å². The van der Waals surface area contributed by atoms with Gasteiger partial charge in [0.1, 0.15) is 10.4 Å². The summed E-state index contributed by atoms with van der Waals surface area (Å²) in [7, 11) is -3.85. The Labute approximate surface area is 131 Å². The van der Waals surface area contributed by atoms with Gasteiger partial charge in [-0.15, -0.1) is 11.3 Å². The van der Waals surface area contributed by atoms with Crippen LogP contribution in [0, 0.1) is 0 Å². The molecule has 1 fully saturated rings. The molecule has 19 heavy (non-hydrogen) atoms. The normalized spacial score (nSPS) is 18.6. The van der Waals surface area contributed by atoms with Gasteiger partial charge in [-0.1, -0.05) is 12.8 Å². The lowest BCUT2D eigenvalue weighted by Gasteiger charge is -2.24. The van der Waals surface area contributed by atoms with Crippen molar-refractivity contribution in [1.82, 2.24) is 4.72 Å². The van der Waals surface area contributed by atoms with Crippen molar-refractivity contribution in [3.63, 3.8) is 0 Å². The highest BCUT2D eigenvalue weighted by Gasteiger charge is 2.45. The van der Waals surface area contributed by atoms with Crippen molar-refractivity contribution in [3.8, 4) is 0 Å². The predicted octanol–water partition coefficient (Wildman–Crippen LogP) is 2.95. The van der Waals surface area contributed by atoms with Crippen molar-refractivity contribution in [2.75, 3.05) is 0 Å². The van der Waals surface area contributed by atoms with E-state index in [0.29, 0.717) is 33.3 Å². The van der Waals surface area contributed by atoms with Crippen LogP contribution in [0.15, 0.2) is 18.5 Å². The lowest BCUT2D eigenvalue weighted by molar-refractivity contribution is -0.143. The van der Waals surface area contributed by atoms with Crippen LogP contribution in [-0.2, 0) is 14.8 Å². The zero-order valence-corrected chi connectivity index (χ0v) is 14.5. The van der Waals surface area contributed by atoms with Crippen molar-refractivity contribution in [1.29, 1.82) is 0 Å². The average molecular weight is 433 g/mol.